The Balaban J connectivity index is 1.52. The zero-order chi connectivity index (χ0) is 17.0. The number of nitrogens with one attached hydrogen (secondary N) is 1. The number of benzene rings is 1. The van der Waals surface area contributed by atoms with Crippen LogP contribution in [0.25, 0.3) is 0 Å². The number of likely N-dealkylation sites (tertiary alicyclic amines) is 1. The Morgan fingerprint density at radius 2 is 1.96 bits per heavy atom. The minimum atomic E-state index is -0.327. The van der Waals surface area contributed by atoms with Gasteiger partial charge < -0.3 is 5.32 Å². The summed E-state index contributed by atoms with van der Waals surface area (Å²) in [5.41, 5.74) is 0.964. The van der Waals surface area contributed by atoms with E-state index < -0.39 is 0 Å². The summed E-state index contributed by atoms with van der Waals surface area (Å²) in [6, 6.07) is 8.70. The molecular formula is C20H30N2OS. The molecule has 3 rings (SSSR count). The molecular weight excluding hydrogens is 316 g/mol. The summed E-state index contributed by atoms with van der Waals surface area (Å²) in [6.07, 6.45) is 9.65. The first kappa shape index (κ1) is 17.8. The van der Waals surface area contributed by atoms with Crippen molar-refractivity contribution in [1.29, 1.82) is 0 Å². The number of carbonyl (C=O) groups is 1. The van der Waals surface area contributed by atoms with E-state index in [1.165, 1.54) is 42.6 Å². The van der Waals surface area contributed by atoms with E-state index in [1.807, 2.05) is 0 Å². The first-order chi connectivity index (χ1) is 11.6. The Labute approximate surface area is 150 Å². The van der Waals surface area contributed by atoms with Gasteiger partial charge in [0.1, 0.15) is 0 Å². The highest BCUT2D eigenvalue weighted by Crippen LogP contribution is 2.33. The maximum absolute atomic E-state index is 12.7. The molecule has 1 aliphatic carbocycles. The van der Waals surface area contributed by atoms with Crippen LogP contribution in [-0.4, -0.2) is 35.7 Å². The highest BCUT2D eigenvalue weighted by molar-refractivity contribution is 7.98. The fourth-order valence-electron chi connectivity index (χ4n) is 3.89. The van der Waals surface area contributed by atoms with Crippen molar-refractivity contribution in [2.45, 2.75) is 62.4 Å². The second kappa shape index (κ2) is 7.92. The molecule has 1 N–H and O–H groups in total. The molecule has 0 bridgehead atoms. The van der Waals surface area contributed by atoms with Gasteiger partial charge in [-0.15, -0.1) is 11.8 Å². The van der Waals surface area contributed by atoms with E-state index in [1.54, 1.807) is 11.8 Å². The van der Waals surface area contributed by atoms with Crippen molar-refractivity contribution in [3.8, 4) is 0 Å². The van der Waals surface area contributed by atoms with Gasteiger partial charge in [-0.2, -0.15) is 0 Å². The standard InChI is InChI=1S/C20H30N2OS/c1-20(19(23)21-14-16-6-4-3-5-7-16)12-13-22(20)15-17-8-10-18(24-2)11-9-17/h8-11,16H,3-7,12-15H2,1-2H3,(H,21,23). The minimum absolute atomic E-state index is 0.222. The van der Waals surface area contributed by atoms with E-state index in [0.717, 1.165) is 26.1 Å². The van der Waals surface area contributed by atoms with Crippen molar-refractivity contribution in [2.24, 2.45) is 5.92 Å². The molecule has 0 aromatic heterocycles. The Morgan fingerprint density at radius 3 is 2.54 bits per heavy atom. The second-order valence-electron chi connectivity index (χ2n) is 7.51. The number of hydrogen-bond acceptors (Lipinski definition) is 3. The van der Waals surface area contributed by atoms with Crippen LogP contribution in [0.3, 0.4) is 0 Å². The van der Waals surface area contributed by atoms with Crippen LogP contribution in [0.15, 0.2) is 29.2 Å². The molecule has 2 aliphatic rings. The number of thioether (sulfide) groups is 1. The topological polar surface area (TPSA) is 32.3 Å². The van der Waals surface area contributed by atoms with Crippen LogP contribution < -0.4 is 5.32 Å². The van der Waals surface area contributed by atoms with Crippen molar-refractivity contribution >= 4 is 17.7 Å². The predicted octanol–water partition coefficient (Wildman–Crippen LogP) is 4.07. The van der Waals surface area contributed by atoms with E-state index in [0.29, 0.717) is 5.92 Å². The zero-order valence-electron chi connectivity index (χ0n) is 15.0. The molecule has 132 valence electrons. The summed E-state index contributed by atoms with van der Waals surface area (Å²) in [6.45, 7) is 4.84. The summed E-state index contributed by atoms with van der Waals surface area (Å²) in [4.78, 5) is 16.3. The maximum atomic E-state index is 12.7. The molecule has 1 aromatic carbocycles. The molecule has 0 spiro atoms. The summed E-state index contributed by atoms with van der Waals surface area (Å²) in [5, 5.41) is 3.24. The van der Waals surface area contributed by atoms with Crippen LogP contribution in [0.4, 0.5) is 0 Å². The molecule has 1 saturated carbocycles. The summed E-state index contributed by atoms with van der Waals surface area (Å²) >= 11 is 1.76. The number of rotatable bonds is 6. The predicted molar refractivity (Wildman–Crippen MR) is 101 cm³/mol. The zero-order valence-corrected chi connectivity index (χ0v) is 15.8. The fourth-order valence-corrected chi connectivity index (χ4v) is 4.29. The van der Waals surface area contributed by atoms with E-state index >= 15 is 0 Å². The van der Waals surface area contributed by atoms with Crippen LogP contribution in [0, 0.1) is 5.92 Å². The van der Waals surface area contributed by atoms with Gasteiger partial charge >= 0.3 is 0 Å². The van der Waals surface area contributed by atoms with Gasteiger partial charge in [-0.1, -0.05) is 31.4 Å². The van der Waals surface area contributed by atoms with Gasteiger partial charge in [0.15, 0.2) is 0 Å². The van der Waals surface area contributed by atoms with E-state index in [-0.39, 0.29) is 11.4 Å². The first-order valence-electron chi connectivity index (χ1n) is 9.28. The molecule has 1 saturated heterocycles. The number of hydrogen-bond donors (Lipinski definition) is 1. The van der Waals surface area contributed by atoms with Gasteiger partial charge in [0.25, 0.3) is 0 Å². The van der Waals surface area contributed by atoms with Gasteiger partial charge in [0.05, 0.1) is 5.54 Å². The van der Waals surface area contributed by atoms with Crippen LogP contribution >= 0.6 is 11.8 Å². The highest BCUT2D eigenvalue weighted by Gasteiger charge is 2.46. The molecule has 1 amide bonds. The van der Waals surface area contributed by atoms with E-state index in [4.69, 9.17) is 0 Å². The lowest BCUT2D eigenvalue weighted by Gasteiger charge is -2.49. The first-order valence-corrected chi connectivity index (χ1v) is 10.5. The summed E-state index contributed by atoms with van der Waals surface area (Å²) < 4.78 is 0. The van der Waals surface area contributed by atoms with Crippen LogP contribution in [0.5, 0.6) is 0 Å². The third-order valence-corrected chi connectivity index (χ3v) is 6.61. The van der Waals surface area contributed by atoms with Gasteiger partial charge in [-0.05, 0) is 56.1 Å². The van der Waals surface area contributed by atoms with Gasteiger partial charge in [0, 0.05) is 24.5 Å². The second-order valence-corrected chi connectivity index (χ2v) is 8.39. The largest absolute Gasteiger partial charge is 0.354 e. The monoisotopic (exact) mass is 346 g/mol. The van der Waals surface area contributed by atoms with Crippen molar-refractivity contribution in [1.82, 2.24) is 10.2 Å². The van der Waals surface area contributed by atoms with Crippen molar-refractivity contribution in [3.63, 3.8) is 0 Å². The van der Waals surface area contributed by atoms with Crippen molar-refractivity contribution in [3.05, 3.63) is 29.8 Å². The molecule has 1 aromatic rings. The average Bonchev–Trinajstić information content (AvgIpc) is 2.64. The van der Waals surface area contributed by atoms with Gasteiger partial charge in [0.2, 0.25) is 5.91 Å². The molecule has 24 heavy (non-hydrogen) atoms. The SMILES string of the molecule is CSc1ccc(CN2CCC2(C)C(=O)NCC2CCCCC2)cc1. The number of nitrogens with zero attached hydrogens (tertiary/aromatic N) is 1. The quantitative estimate of drug-likeness (QED) is 0.788. The lowest BCUT2D eigenvalue weighted by atomic mass is 9.84. The van der Waals surface area contributed by atoms with Crippen LogP contribution in [0.1, 0.15) is 51.0 Å². The summed E-state index contributed by atoms with van der Waals surface area (Å²) in [5.74, 6) is 0.916. The minimum Gasteiger partial charge on any atom is -0.354 e. The fraction of sp³-hybridized carbons (Fsp3) is 0.650. The molecule has 1 heterocycles. The third-order valence-electron chi connectivity index (χ3n) is 5.86. The summed E-state index contributed by atoms with van der Waals surface area (Å²) in [7, 11) is 0. The number of carbonyl (C=O) groups excluding carboxylic acids is 1. The van der Waals surface area contributed by atoms with Crippen LogP contribution in [-0.2, 0) is 11.3 Å². The molecule has 1 unspecified atom stereocenters. The average molecular weight is 347 g/mol. The molecule has 3 nitrogen and oxygen atoms in total. The Kier molecular flexibility index (Phi) is 5.88. The Bertz CT molecular complexity index is 553. The van der Waals surface area contributed by atoms with Crippen molar-refractivity contribution < 1.29 is 4.79 Å². The molecule has 2 fully saturated rings. The molecule has 1 aliphatic heterocycles. The van der Waals surface area contributed by atoms with Gasteiger partial charge in [-0.3, -0.25) is 9.69 Å². The van der Waals surface area contributed by atoms with Gasteiger partial charge in [-0.25, -0.2) is 0 Å². The van der Waals surface area contributed by atoms with E-state index in [2.05, 4.69) is 47.7 Å². The lowest BCUT2D eigenvalue weighted by molar-refractivity contribution is -0.142. The Morgan fingerprint density at radius 1 is 1.25 bits per heavy atom. The molecule has 1 atom stereocenters. The number of amides is 1. The highest BCUT2D eigenvalue weighted by atomic mass is 32.2. The molecule has 0 radical (unpaired) electrons. The van der Waals surface area contributed by atoms with Crippen LogP contribution in [0.2, 0.25) is 0 Å². The van der Waals surface area contributed by atoms with Crippen molar-refractivity contribution in [2.75, 3.05) is 19.3 Å². The van der Waals surface area contributed by atoms with E-state index in [9.17, 15) is 4.79 Å². The maximum Gasteiger partial charge on any atom is 0.240 e. The smallest absolute Gasteiger partial charge is 0.240 e. The molecule has 4 heteroatoms. The normalized spacial score (nSPS) is 25.2. The third kappa shape index (κ3) is 3.97. The Hall–Kier alpha value is -1.00. The lowest BCUT2D eigenvalue weighted by Crippen LogP contribution is -2.65.